The highest BCUT2D eigenvalue weighted by Gasteiger charge is 2.32. The van der Waals surface area contributed by atoms with Crippen molar-refractivity contribution in [1.82, 2.24) is 4.40 Å². The van der Waals surface area contributed by atoms with Crippen LogP contribution in [0.4, 0.5) is 11.5 Å². The van der Waals surface area contributed by atoms with Crippen molar-refractivity contribution in [3.05, 3.63) is 115 Å². The Kier molecular flexibility index (Phi) is 4.20. The quantitative estimate of drug-likeness (QED) is 0.201. The molecule has 2 atom stereocenters. The molecule has 0 spiro atoms. The molecule has 1 aliphatic heterocycles. The molecule has 11 rings (SSSR count). The smallest absolute Gasteiger partial charge is 0.136 e. The summed E-state index contributed by atoms with van der Waals surface area (Å²) in [7, 11) is 0. The Balaban J connectivity index is 1.25. The Bertz CT molecular complexity index is 2700. The van der Waals surface area contributed by atoms with Crippen molar-refractivity contribution >= 4 is 102 Å². The van der Waals surface area contributed by atoms with Crippen LogP contribution in [0.1, 0.15) is 0 Å². The van der Waals surface area contributed by atoms with Crippen molar-refractivity contribution in [3.63, 3.8) is 0 Å². The van der Waals surface area contributed by atoms with Crippen LogP contribution >= 0.6 is 22.7 Å². The van der Waals surface area contributed by atoms with Gasteiger partial charge in [-0.2, -0.15) is 0 Å². The Morgan fingerprint density at radius 1 is 0.535 bits per heavy atom. The molecule has 1 aliphatic carbocycles. The summed E-state index contributed by atoms with van der Waals surface area (Å²) in [6, 6.07) is 34.6. The maximum absolute atomic E-state index is 3.91. The Hall–Kier alpha value is -4.84. The third-order valence-electron chi connectivity index (χ3n) is 9.56. The lowest BCUT2D eigenvalue weighted by atomic mass is 9.97. The van der Waals surface area contributed by atoms with Crippen LogP contribution in [0, 0.1) is 0 Å². The maximum atomic E-state index is 3.91. The summed E-state index contributed by atoms with van der Waals surface area (Å²) in [4.78, 5) is 0. The lowest BCUT2D eigenvalue weighted by molar-refractivity contribution is 0.760. The molecule has 0 saturated carbocycles. The number of benzene rings is 5. The van der Waals surface area contributed by atoms with Crippen LogP contribution in [-0.4, -0.2) is 16.5 Å². The third kappa shape index (κ3) is 2.89. The number of fused-ring (bicyclic) bond motifs is 14. The van der Waals surface area contributed by atoms with E-state index in [-0.39, 0.29) is 12.1 Å². The van der Waals surface area contributed by atoms with E-state index in [1.807, 2.05) is 22.7 Å². The highest BCUT2D eigenvalue weighted by Crippen LogP contribution is 2.51. The molecular weight excluding hydrogens is 563 g/mol. The van der Waals surface area contributed by atoms with Crippen LogP contribution < -0.4 is 10.6 Å². The summed E-state index contributed by atoms with van der Waals surface area (Å²) in [6.07, 6.45) is 8.83. The number of allylic oxidation sites excluding steroid dienone is 2. The van der Waals surface area contributed by atoms with E-state index in [0.29, 0.717) is 0 Å². The van der Waals surface area contributed by atoms with Crippen LogP contribution in [0.25, 0.3) is 78.7 Å². The molecule has 0 saturated heterocycles. The molecule has 5 heteroatoms. The van der Waals surface area contributed by atoms with E-state index in [2.05, 4.69) is 130 Å². The van der Waals surface area contributed by atoms with Crippen molar-refractivity contribution in [3.8, 4) is 11.1 Å². The predicted octanol–water partition coefficient (Wildman–Crippen LogP) is 10.8. The van der Waals surface area contributed by atoms with Gasteiger partial charge in [0, 0.05) is 56.5 Å². The predicted molar refractivity (Wildman–Crippen MR) is 188 cm³/mol. The van der Waals surface area contributed by atoms with Gasteiger partial charge in [-0.15, -0.1) is 22.7 Å². The van der Waals surface area contributed by atoms with Crippen molar-refractivity contribution in [1.29, 1.82) is 0 Å². The third-order valence-corrected chi connectivity index (χ3v) is 11.8. The number of thiophene rings is 2. The van der Waals surface area contributed by atoms with Crippen molar-refractivity contribution < 1.29 is 0 Å². The second-order valence-electron chi connectivity index (χ2n) is 11.8. The normalized spacial score (nSPS) is 18.0. The molecule has 9 aromatic rings. The molecule has 0 radical (unpaired) electrons. The van der Waals surface area contributed by atoms with E-state index in [4.69, 9.17) is 0 Å². The summed E-state index contributed by atoms with van der Waals surface area (Å²) in [5, 5.41) is 17.2. The first-order chi connectivity index (χ1) is 21.3. The minimum Gasteiger partial charge on any atom is -0.373 e. The highest BCUT2D eigenvalue weighted by atomic mass is 32.1. The number of aromatic nitrogens is 1. The molecule has 3 nitrogen and oxygen atoms in total. The van der Waals surface area contributed by atoms with Crippen LogP contribution in [-0.2, 0) is 0 Å². The Labute approximate surface area is 254 Å². The van der Waals surface area contributed by atoms with Crippen molar-refractivity contribution in [2.75, 3.05) is 10.6 Å². The first-order valence-electron chi connectivity index (χ1n) is 14.8. The fraction of sp³-hybridized carbons (Fsp3) is 0.0526. The van der Waals surface area contributed by atoms with E-state index in [1.165, 1.54) is 84.4 Å². The van der Waals surface area contributed by atoms with Gasteiger partial charge >= 0.3 is 0 Å². The number of nitrogens with zero attached hydrogens (tertiary/aromatic N) is 1. The number of nitrogens with one attached hydrogen (secondary N) is 2. The van der Waals surface area contributed by atoms with E-state index in [1.54, 1.807) is 0 Å². The van der Waals surface area contributed by atoms with Gasteiger partial charge < -0.3 is 10.6 Å². The van der Waals surface area contributed by atoms with Gasteiger partial charge in [-0.1, -0.05) is 72.8 Å². The molecule has 43 heavy (non-hydrogen) atoms. The van der Waals surface area contributed by atoms with Crippen molar-refractivity contribution in [2.45, 2.75) is 12.1 Å². The number of anilines is 2. The van der Waals surface area contributed by atoms with Crippen molar-refractivity contribution in [2.24, 2.45) is 0 Å². The minimum absolute atomic E-state index is 0.221. The standard InChI is InChI=1S/C38H23N3S2/c1-5-11-30-22(7-1)24-17-21(14-16-32(24)42-30)20-13-15-29-25(18-20)35-34-23-8-2-6-12-31(23)43-33(34)19-26-36-38(41(29)37(26)35)40-28-10-4-3-9-27(28)39-36/h1-19,27-28,39-40H. The number of rotatable bonds is 1. The highest BCUT2D eigenvalue weighted by molar-refractivity contribution is 7.26. The van der Waals surface area contributed by atoms with Gasteiger partial charge in [0.15, 0.2) is 0 Å². The first kappa shape index (κ1) is 22.7. The Morgan fingerprint density at radius 2 is 1.21 bits per heavy atom. The summed E-state index contributed by atoms with van der Waals surface area (Å²) >= 11 is 3.78. The average molecular weight is 586 g/mol. The van der Waals surface area contributed by atoms with E-state index >= 15 is 0 Å². The average Bonchev–Trinajstić information content (AvgIpc) is 3.79. The lowest BCUT2D eigenvalue weighted by Gasteiger charge is -2.33. The van der Waals surface area contributed by atoms with Gasteiger partial charge in [0.2, 0.25) is 0 Å². The van der Waals surface area contributed by atoms with Gasteiger partial charge in [0.1, 0.15) is 5.82 Å². The van der Waals surface area contributed by atoms with E-state index < -0.39 is 0 Å². The summed E-state index contributed by atoms with van der Waals surface area (Å²) in [6.45, 7) is 0. The van der Waals surface area contributed by atoms with E-state index in [0.717, 1.165) is 5.82 Å². The summed E-state index contributed by atoms with van der Waals surface area (Å²) in [5.41, 5.74) is 6.28. The first-order valence-corrected chi connectivity index (χ1v) is 16.4. The topological polar surface area (TPSA) is 28.5 Å². The van der Waals surface area contributed by atoms with Gasteiger partial charge in [-0.05, 0) is 53.6 Å². The molecule has 4 aromatic heterocycles. The van der Waals surface area contributed by atoms with Crippen LogP contribution in [0.3, 0.4) is 0 Å². The van der Waals surface area contributed by atoms with Gasteiger partial charge in [-0.3, -0.25) is 4.40 Å². The van der Waals surface area contributed by atoms with Crippen LogP contribution in [0.5, 0.6) is 0 Å². The molecule has 2 aliphatic rings. The lowest BCUT2D eigenvalue weighted by Crippen LogP contribution is -2.41. The van der Waals surface area contributed by atoms with Crippen LogP contribution in [0.2, 0.25) is 0 Å². The zero-order valence-electron chi connectivity index (χ0n) is 22.9. The Morgan fingerprint density at radius 3 is 2.07 bits per heavy atom. The molecule has 0 amide bonds. The number of hydrogen-bond acceptors (Lipinski definition) is 4. The second kappa shape index (κ2) is 7.95. The zero-order chi connectivity index (χ0) is 27.8. The van der Waals surface area contributed by atoms with Gasteiger partial charge in [0.25, 0.3) is 0 Å². The zero-order valence-corrected chi connectivity index (χ0v) is 24.5. The van der Waals surface area contributed by atoms with Gasteiger partial charge in [-0.25, -0.2) is 0 Å². The SMILES string of the molecule is C1=CC2Nc3c(n4c5ccc(-c6ccc7sc8ccccc8c7c6)cc5c5c6c(cc3c54)sc3ccccc36)NC2C=C1. The number of hydrogen-bond donors (Lipinski definition) is 2. The molecule has 0 fully saturated rings. The maximum Gasteiger partial charge on any atom is 0.136 e. The van der Waals surface area contributed by atoms with Gasteiger partial charge in [0.05, 0.1) is 28.8 Å². The molecule has 5 heterocycles. The van der Waals surface area contributed by atoms with Crippen LogP contribution in [0.15, 0.2) is 115 Å². The monoisotopic (exact) mass is 585 g/mol. The molecule has 0 bridgehead atoms. The minimum atomic E-state index is 0.221. The molecule has 2 N–H and O–H groups in total. The molecule has 5 aromatic carbocycles. The molecule has 202 valence electrons. The second-order valence-corrected chi connectivity index (χ2v) is 14.0. The fourth-order valence-electron chi connectivity index (χ4n) is 7.66. The summed E-state index contributed by atoms with van der Waals surface area (Å²) in [5.74, 6) is 1.16. The fourth-order valence-corrected chi connectivity index (χ4v) is 9.90. The summed E-state index contributed by atoms with van der Waals surface area (Å²) < 4.78 is 7.85. The molecule has 2 unspecified atom stereocenters. The molecular formula is C38H23N3S2. The van der Waals surface area contributed by atoms with E-state index in [9.17, 15) is 0 Å². The largest absolute Gasteiger partial charge is 0.373 e.